The van der Waals surface area contributed by atoms with Crippen LogP contribution >= 0.6 is 0 Å². The molecule has 1 saturated heterocycles. The van der Waals surface area contributed by atoms with Gasteiger partial charge in [-0.2, -0.15) is 0 Å². The van der Waals surface area contributed by atoms with Crippen molar-refractivity contribution in [3.8, 4) is 0 Å². The number of aromatic nitrogens is 2. The number of anilines is 1. The van der Waals surface area contributed by atoms with Crippen LogP contribution in [0.15, 0.2) is 12.4 Å². The number of hydrogen-bond acceptors (Lipinski definition) is 5. The third kappa shape index (κ3) is 3.40. The summed E-state index contributed by atoms with van der Waals surface area (Å²) in [6.07, 6.45) is 6.30. The molecule has 1 atom stereocenters. The van der Waals surface area contributed by atoms with Gasteiger partial charge in [0, 0.05) is 50.7 Å². The maximum atomic E-state index is 4.98. The van der Waals surface area contributed by atoms with Crippen LogP contribution in [0.5, 0.6) is 0 Å². The van der Waals surface area contributed by atoms with Gasteiger partial charge in [0.2, 0.25) is 5.95 Å². The molecule has 2 heterocycles. The van der Waals surface area contributed by atoms with Gasteiger partial charge in [-0.3, -0.25) is 0 Å². The van der Waals surface area contributed by atoms with Gasteiger partial charge in [0.1, 0.15) is 0 Å². The van der Waals surface area contributed by atoms with E-state index in [-0.39, 0.29) is 0 Å². The minimum atomic E-state index is 0.565. The first-order chi connectivity index (χ1) is 8.81. The molecular formula is C13H22N4O. The third-order valence-corrected chi connectivity index (χ3v) is 3.31. The van der Waals surface area contributed by atoms with Crippen LogP contribution in [-0.2, 0) is 11.3 Å². The topological polar surface area (TPSA) is 50.3 Å². The smallest absolute Gasteiger partial charge is 0.225 e. The van der Waals surface area contributed by atoms with Crippen LogP contribution < -0.4 is 10.2 Å². The Morgan fingerprint density at radius 1 is 1.44 bits per heavy atom. The summed E-state index contributed by atoms with van der Waals surface area (Å²) < 4.78 is 4.98. The van der Waals surface area contributed by atoms with Crippen LogP contribution in [-0.4, -0.2) is 42.8 Å². The van der Waals surface area contributed by atoms with Crippen LogP contribution in [0.3, 0.4) is 0 Å². The molecule has 1 N–H and O–H groups in total. The molecule has 0 aliphatic carbocycles. The number of hydrogen-bond donors (Lipinski definition) is 1. The van der Waals surface area contributed by atoms with E-state index in [0.29, 0.717) is 6.04 Å². The highest BCUT2D eigenvalue weighted by atomic mass is 16.5. The van der Waals surface area contributed by atoms with Crippen molar-refractivity contribution in [2.24, 2.45) is 0 Å². The molecule has 0 amide bonds. The lowest BCUT2D eigenvalue weighted by molar-refractivity contribution is 0.199. The van der Waals surface area contributed by atoms with Gasteiger partial charge in [-0.05, 0) is 19.8 Å². The summed E-state index contributed by atoms with van der Waals surface area (Å²) >= 11 is 0. The number of nitrogens with zero attached hydrogens (tertiary/aromatic N) is 3. The lowest BCUT2D eigenvalue weighted by atomic mass is 10.2. The fraction of sp³-hybridized carbons (Fsp3) is 0.692. The average Bonchev–Trinajstić information content (AvgIpc) is 2.82. The fourth-order valence-corrected chi connectivity index (χ4v) is 2.22. The predicted octanol–water partition coefficient (Wildman–Crippen LogP) is 1.20. The molecule has 5 nitrogen and oxygen atoms in total. The summed E-state index contributed by atoms with van der Waals surface area (Å²) in [7, 11) is 1.71. The second-order valence-corrected chi connectivity index (χ2v) is 4.75. The van der Waals surface area contributed by atoms with Crippen molar-refractivity contribution in [1.82, 2.24) is 15.3 Å². The zero-order valence-electron chi connectivity index (χ0n) is 11.2. The molecule has 0 spiro atoms. The summed E-state index contributed by atoms with van der Waals surface area (Å²) in [5.74, 6) is 0.862. The highest BCUT2D eigenvalue weighted by molar-refractivity contribution is 5.32. The van der Waals surface area contributed by atoms with Crippen LogP contribution in [0.4, 0.5) is 5.95 Å². The molecule has 1 aromatic rings. The Labute approximate surface area is 109 Å². The van der Waals surface area contributed by atoms with Crippen molar-refractivity contribution in [3.63, 3.8) is 0 Å². The van der Waals surface area contributed by atoms with Gasteiger partial charge >= 0.3 is 0 Å². The van der Waals surface area contributed by atoms with E-state index in [1.807, 2.05) is 12.4 Å². The Morgan fingerprint density at radius 2 is 2.22 bits per heavy atom. The molecule has 0 bridgehead atoms. The predicted molar refractivity (Wildman–Crippen MR) is 71.7 cm³/mol. The third-order valence-electron chi connectivity index (χ3n) is 3.31. The first-order valence-corrected chi connectivity index (χ1v) is 6.58. The summed E-state index contributed by atoms with van der Waals surface area (Å²) in [6, 6.07) is 0.565. The lowest BCUT2D eigenvalue weighted by Crippen LogP contribution is -2.28. The van der Waals surface area contributed by atoms with E-state index in [4.69, 9.17) is 4.74 Å². The maximum absolute atomic E-state index is 4.98. The van der Waals surface area contributed by atoms with Gasteiger partial charge in [0.25, 0.3) is 0 Å². The zero-order valence-corrected chi connectivity index (χ0v) is 11.2. The molecule has 5 heteroatoms. The molecule has 18 heavy (non-hydrogen) atoms. The summed E-state index contributed by atoms with van der Waals surface area (Å²) in [4.78, 5) is 11.2. The first kappa shape index (κ1) is 13.2. The lowest BCUT2D eigenvalue weighted by Gasteiger charge is -2.21. The van der Waals surface area contributed by atoms with E-state index in [1.165, 1.54) is 12.8 Å². The Balaban J connectivity index is 1.85. The van der Waals surface area contributed by atoms with Crippen molar-refractivity contribution in [3.05, 3.63) is 18.0 Å². The summed E-state index contributed by atoms with van der Waals surface area (Å²) in [5.41, 5.74) is 1.11. The van der Waals surface area contributed by atoms with E-state index >= 15 is 0 Å². The van der Waals surface area contributed by atoms with Crippen molar-refractivity contribution in [2.45, 2.75) is 32.4 Å². The highest BCUT2D eigenvalue weighted by Gasteiger charge is 2.22. The molecule has 1 aromatic heterocycles. The Hall–Kier alpha value is -1.20. The van der Waals surface area contributed by atoms with E-state index in [0.717, 1.165) is 37.8 Å². The van der Waals surface area contributed by atoms with Gasteiger partial charge in [-0.25, -0.2) is 9.97 Å². The molecule has 1 aliphatic rings. The molecule has 100 valence electrons. The van der Waals surface area contributed by atoms with Crippen molar-refractivity contribution < 1.29 is 4.74 Å². The number of methoxy groups -OCH3 is 1. The fourth-order valence-electron chi connectivity index (χ4n) is 2.22. The average molecular weight is 250 g/mol. The van der Waals surface area contributed by atoms with Gasteiger partial charge in [0.05, 0.1) is 6.61 Å². The quantitative estimate of drug-likeness (QED) is 0.769. The van der Waals surface area contributed by atoms with Crippen molar-refractivity contribution >= 4 is 5.95 Å². The van der Waals surface area contributed by atoms with Gasteiger partial charge in [0.15, 0.2) is 0 Å². The molecule has 2 rings (SSSR count). The Kier molecular flexibility index (Phi) is 4.90. The van der Waals surface area contributed by atoms with Crippen LogP contribution in [0, 0.1) is 0 Å². The van der Waals surface area contributed by atoms with Crippen molar-refractivity contribution in [2.75, 3.05) is 31.7 Å². The summed E-state index contributed by atoms with van der Waals surface area (Å²) in [5, 5.41) is 3.28. The standard InChI is InChI=1S/C13H22N4O/c1-11-4-3-6-17(11)13-15-9-12(10-16-13)8-14-5-7-18-2/h9-11,14H,3-8H2,1-2H3. The SMILES string of the molecule is COCCNCc1cnc(N2CCCC2C)nc1. The molecule has 0 saturated carbocycles. The van der Waals surface area contributed by atoms with Crippen LogP contribution in [0.2, 0.25) is 0 Å². The van der Waals surface area contributed by atoms with Gasteiger partial charge in [-0.1, -0.05) is 0 Å². The molecule has 1 unspecified atom stereocenters. The van der Waals surface area contributed by atoms with E-state index in [1.54, 1.807) is 7.11 Å². The van der Waals surface area contributed by atoms with E-state index in [2.05, 4.69) is 27.1 Å². The minimum absolute atomic E-state index is 0.565. The van der Waals surface area contributed by atoms with Crippen LogP contribution in [0.25, 0.3) is 0 Å². The highest BCUT2D eigenvalue weighted by Crippen LogP contribution is 2.21. The molecule has 0 radical (unpaired) electrons. The number of nitrogens with one attached hydrogen (secondary N) is 1. The Morgan fingerprint density at radius 3 is 2.83 bits per heavy atom. The second kappa shape index (κ2) is 6.66. The summed E-state index contributed by atoms with van der Waals surface area (Å²) in [6.45, 7) is 5.67. The van der Waals surface area contributed by atoms with Gasteiger partial charge < -0.3 is 15.0 Å². The Bertz CT molecular complexity index is 355. The largest absolute Gasteiger partial charge is 0.383 e. The molecule has 0 aromatic carbocycles. The minimum Gasteiger partial charge on any atom is -0.383 e. The molecule has 1 aliphatic heterocycles. The second-order valence-electron chi connectivity index (χ2n) is 4.75. The number of ether oxygens (including phenoxy) is 1. The number of rotatable bonds is 6. The van der Waals surface area contributed by atoms with Crippen molar-refractivity contribution in [1.29, 1.82) is 0 Å². The van der Waals surface area contributed by atoms with E-state index in [9.17, 15) is 0 Å². The monoisotopic (exact) mass is 250 g/mol. The normalized spacial score (nSPS) is 19.4. The van der Waals surface area contributed by atoms with Gasteiger partial charge in [-0.15, -0.1) is 0 Å². The molecule has 1 fully saturated rings. The van der Waals surface area contributed by atoms with Crippen LogP contribution in [0.1, 0.15) is 25.3 Å². The maximum Gasteiger partial charge on any atom is 0.225 e. The van der Waals surface area contributed by atoms with E-state index < -0.39 is 0 Å². The molecular weight excluding hydrogens is 228 g/mol. The zero-order chi connectivity index (χ0) is 12.8. The first-order valence-electron chi connectivity index (χ1n) is 6.58.